The van der Waals surface area contributed by atoms with Gasteiger partial charge in [-0.05, 0) is 12.1 Å². The van der Waals surface area contributed by atoms with Gasteiger partial charge >= 0.3 is 11.6 Å². The molecule has 3 rings (SSSR count). The minimum absolute atomic E-state index is 0.217. The number of hydrogen-bond donors (Lipinski definition) is 0. The number of likely N-dealkylation sites (N-methyl/N-ethyl adjacent to an activating group) is 1. The average Bonchev–Trinajstić information content (AvgIpc) is 2.62. The molecule has 2 heterocycles. The number of hydrazone groups is 1. The molecule has 1 atom stereocenters. The first kappa shape index (κ1) is 19.0. The summed E-state index contributed by atoms with van der Waals surface area (Å²) < 4.78 is 1.77. The third-order valence-electron chi connectivity index (χ3n) is 4.08. The number of amides is 1. The lowest BCUT2D eigenvalue weighted by Crippen LogP contribution is -2.47. The maximum absolute atomic E-state index is 12.9. The fourth-order valence-corrected chi connectivity index (χ4v) is 3.11. The Bertz CT molecular complexity index is 1080. The molecule has 0 aliphatic carbocycles. The number of Topliss-reactive ketones (excluding diaryl/α,β-unsaturated/α-hetero) is 1. The summed E-state index contributed by atoms with van der Waals surface area (Å²) in [6, 6.07) is 4.78. The molecule has 1 aromatic heterocycles. The van der Waals surface area contributed by atoms with Crippen LogP contribution in [0.3, 0.4) is 0 Å². The summed E-state index contributed by atoms with van der Waals surface area (Å²) in [5, 5.41) is 9.07. The highest BCUT2D eigenvalue weighted by molar-refractivity contribution is 6.42. The number of carbonyl (C=O) groups excluding carboxylic acids is 2. The highest BCUT2D eigenvalue weighted by atomic mass is 35.5. The van der Waals surface area contributed by atoms with Crippen LogP contribution in [0, 0.1) is 0 Å². The smallest absolute Gasteiger partial charge is 0.287 e. The van der Waals surface area contributed by atoms with Crippen LogP contribution in [0.15, 0.2) is 32.9 Å². The van der Waals surface area contributed by atoms with Crippen molar-refractivity contribution in [3.05, 3.63) is 60.3 Å². The Labute approximate surface area is 162 Å². The highest BCUT2D eigenvalue weighted by Crippen LogP contribution is 2.24. The van der Waals surface area contributed by atoms with Crippen molar-refractivity contribution < 1.29 is 9.59 Å². The molecule has 1 aliphatic heterocycles. The van der Waals surface area contributed by atoms with Gasteiger partial charge < -0.3 is 0 Å². The van der Waals surface area contributed by atoms with Crippen LogP contribution >= 0.6 is 23.2 Å². The second-order valence-corrected chi connectivity index (χ2v) is 6.63. The lowest BCUT2D eigenvalue weighted by Gasteiger charge is -2.20. The molecular formula is C16H13Cl2N5O4. The predicted octanol–water partition coefficient (Wildman–Crippen LogP) is 0.408. The van der Waals surface area contributed by atoms with Crippen molar-refractivity contribution >= 4 is 41.1 Å². The van der Waals surface area contributed by atoms with E-state index in [0.29, 0.717) is 5.56 Å². The van der Waals surface area contributed by atoms with Crippen LogP contribution in [0.5, 0.6) is 0 Å². The van der Waals surface area contributed by atoms with Gasteiger partial charge in [0.15, 0.2) is 0 Å². The highest BCUT2D eigenvalue weighted by Gasteiger charge is 2.35. The molecule has 2 aromatic rings. The number of ketones is 1. The lowest BCUT2D eigenvalue weighted by molar-refractivity contribution is -0.144. The minimum Gasteiger partial charge on any atom is -0.287 e. The van der Waals surface area contributed by atoms with Gasteiger partial charge in [0.05, 0.1) is 6.54 Å². The number of nitrogens with zero attached hydrogens (tertiary/aromatic N) is 5. The topological polar surface area (TPSA) is 107 Å². The summed E-state index contributed by atoms with van der Waals surface area (Å²) in [5.41, 5.74) is -1.45. The van der Waals surface area contributed by atoms with Crippen molar-refractivity contribution in [3.8, 4) is 0 Å². The van der Waals surface area contributed by atoms with E-state index >= 15 is 0 Å². The van der Waals surface area contributed by atoms with E-state index in [-0.39, 0.29) is 22.3 Å². The van der Waals surface area contributed by atoms with E-state index in [9.17, 15) is 19.2 Å². The first-order valence-corrected chi connectivity index (χ1v) is 8.45. The van der Waals surface area contributed by atoms with Gasteiger partial charge in [-0.2, -0.15) is 10.2 Å². The summed E-state index contributed by atoms with van der Waals surface area (Å²) in [5.74, 6) is -3.02. The minimum atomic E-state index is -1.28. The van der Waals surface area contributed by atoms with E-state index in [2.05, 4.69) is 10.2 Å². The van der Waals surface area contributed by atoms with Crippen molar-refractivity contribution in [1.29, 1.82) is 0 Å². The van der Waals surface area contributed by atoms with Gasteiger partial charge in [-0.3, -0.25) is 19.0 Å². The molecular weight excluding hydrogens is 397 g/mol. The monoisotopic (exact) mass is 409 g/mol. The van der Waals surface area contributed by atoms with Gasteiger partial charge in [0, 0.05) is 35.9 Å². The Morgan fingerprint density at radius 2 is 1.70 bits per heavy atom. The van der Waals surface area contributed by atoms with Crippen LogP contribution in [-0.2, 0) is 23.2 Å². The predicted molar refractivity (Wildman–Crippen MR) is 98.3 cm³/mol. The summed E-state index contributed by atoms with van der Waals surface area (Å²) in [6.45, 7) is -0.217. The lowest BCUT2D eigenvalue weighted by atomic mass is 10.00. The average molecular weight is 410 g/mol. The number of hydrogen-bond acceptors (Lipinski definition) is 6. The molecule has 27 heavy (non-hydrogen) atoms. The zero-order valence-corrected chi connectivity index (χ0v) is 15.7. The third-order valence-corrected chi connectivity index (χ3v) is 4.79. The second kappa shape index (κ2) is 7.09. The Kier molecular flexibility index (Phi) is 4.99. The van der Waals surface area contributed by atoms with Crippen molar-refractivity contribution in [2.75, 3.05) is 7.05 Å². The molecule has 0 spiro atoms. The molecule has 140 valence electrons. The van der Waals surface area contributed by atoms with Crippen molar-refractivity contribution in [1.82, 2.24) is 19.4 Å². The summed E-state index contributed by atoms with van der Waals surface area (Å²) >= 11 is 12.2. The number of halogens is 2. The first-order chi connectivity index (χ1) is 12.7. The van der Waals surface area contributed by atoms with E-state index in [4.69, 9.17) is 23.2 Å². The van der Waals surface area contributed by atoms with Gasteiger partial charge in [0.25, 0.3) is 5.56 Å². The van der Waals surface area contributed by atoms with Crippen LogP contribution in [0.25, 0.3) is 0 Å². The second-order valence-electron chi connectivity index (χ2n) is 5.82. The maximum atomic E-state index is 12.9. The maximum Gasteiger partial charge on any atom is 0.347 e. The number of benzene rings is 1. The zero-order valence-electron chi connectivity index (χ0n) is 14.2. The number of aromatic nitrogens is 3. The SMILES string of the molecule is CN1N=CC(c2nn(C)c(=O)n(Cc3c(Cl)cccc3Cl)c2=O)C(=O)C1=O. The van der Waals surface area contributed by atoms with Gasteiger partial charge in [-0.1, -0.05) is 29.3 Å². The molecule has 0 saturated heterocycles. The fraction of sp³-hybridized carbons (Fsp3) is 0.250. The largest absolute Gasteiger partial charge is 0.347 e. The summed E-state index contributed by atoms with van der Waals surface area (Å²) in [4.78, 5) is 49.4. The van der Waals surface area contributed by atoms with E-state index in [1.165, 1.54) is 14.1 Å². The molecule has 1 aromatic carbocycles. The standard InChI is InChI=1S/C16H13Cl2N5O4/c1-21-15(26)13(24)8(6-19-21)12-14(25)23(16(27)22(2)20-12)7-9-10(17)4-3-5-11(9)18/h3-6,8H,7H2,1-2H3. The van der Waals surface area contributed by atoms with Gasteiger partial charge in [0.1, 0.15) is 11.6 Å². The molecule has 1 aliphatic rings. The third kappa shape index (κ3) is 3.31. The number of carbonyl (C=O) groups is 2. The van der Waals surface area contributed by atoms with Crippen molar-refractivity contribution in [2.24, 2.45) is 12.1 Å². The Balaban J connectivity index is 2.16. The Hall–Kier alpha value is -2.78. The van der Waals surface area contributed by atoms with Crippen LogP contribution in [0.1, 0.15) is 17.2 Å². The van der Waals surface area contributed by atoms with E-state index < -0.39 is 28.9 Å². The van der Waals surface area contributed by atoms with Gasteiger partial charge in [-0.25, -0.2) is 14.5 Å². The molecule has 0 fully saturated rings. The van der Waals surface area contributed by atoms with E-state index in [1.807, 2.05) is 0 Å². The van der Waals surface area contributed by atoms with E-state index in [0.717, 1.165) is 20.5 Å². The number of rotatable bonds is 3. The van der Waals surface area contributed by atoms with Gasteiger partial charge in [0.2, 0.25) is 5.78 Å². The molecule has 0 bridgehead atoms. The fourth-order valence-electron chi connectivity index (χ4n) is 2.60. The Morgan fingerprint density at radius 3 is 2.33 bits per heavy atom. The molecule has 0 saturated carbocycles. The first-order valence-electron chi connectivity index (χ1n) is 7.69. The van der Waals surface area contributed by atoms with Crippen LogP contribution in [0.4, 0.5) is 0 Å². The molecule has 1 unspecified atom stereocenters. The number of aryl methyl sites for hydroxylation is 1. The molecule has 1 amide bonds. The Morgan fingerprint density at radius 1 is 1.07 bits per heavy atom. The van der Waals surface area contributed by atoms with Crippen molar-refractivity contribution in [2.45, 2.75) is 12.5 Å². The molecule has 0 N–H and O–H groups in total. The quantitative estimate of drug-likeness (QED) is 0.682. The molecule has 11 heteroatoms. The van der Waals surface area contributed by atoms with Gasteiger partial charge in [-0.15, -0.1) is 0 Å². The summed E-state index contributed by atoms with van der Waals surface area (Å²) in [6.07, 6.45) is 1.14. The summed E-state index contributed by atoms with van der Waals surface area (Å²) in [7, 11) is 2.65. The zero-order chi connectivity index (χ0) is 19.9. The van der Waals surface area contributed by atoms with Crippen LogP contribution < -0.4 is 11.2 Å². The van der Waals surface area contributed by atoms with Crippen LogP contribution in [-0.4, -0.2) is 44.3 Å². The van der Waals surface area contributed by atoms with E-state index in [1.54, 1.807) is 18.2 Å². The molecule has 0 radical (unpaired) electrons. The normalized spacial score (nSPS) is 16.9. The molecule has 9 nitrogen and oxygen atoms in total. The van der Waals surface area contributed by atoms with Crippen molar-refractivity contribution in [3.63, 3.8) is 0 Å². The van der Waals surface area contributed by atoms with Crippen LogP contribution in [0.2, 0.25) is 10.0 Å².